The maximum Gasteiger partial charge on any atom is 0.410 e. The maximum absolute atomic E-state index is 17.1. The van der Waals surface area contributed by atoms with Crippen LogP contribution >= 0.6 is 11.6 Å². The summed E-state index contributed by atoms with van der Waals surface area (Å²) in [6.07, 6.45) is 7.23. The molecule has 2 aromatic carbocycles. The molecular weight excluding hydrogens is 747 g/mol. The fourth-order valence-electron chi connectivity index (χ4n) is 9.21. The van der Waals surface area contributed by atoms with Crippen molar-refractivity contribution in [2.75, 3.05) is 37.7 Å². The summed E-state index contributed by atoms with van der Waals surface area (Å²) in [5.74, 6) is 0.00985. The van der Waals surface area contributed by atoms with E-state index in [1.165, 1.54) is 0 Å². The van der Waals surface area contributed by atoms with Gasteiger partial charge in [0.1, 0.15) is 29.2 Å². The van der Waals surface area contributed by atoms with Gasteiger partial charge in [-0.1, -0.05) is 62.7 Å². The van der Waals surface area contributed by atoms with Crippen molar-refractivity contribution in [3.05, 3.63) is 53.4 Å². The third kappa shape index (κ3) is 7.13. The lowest BCUT2D eigenvalue weighted by atomic mass is 9.95. The van der Waals surface area contributed by atoms with Gasteiger partial charge in [-0.2, -0.15) is 9.97 Å². The van der Waals surface area contributed by atoms with Crippen molar-refractivity contribution in [3.63, 3.8) is 0 Å². The Balaban J connectivity index is 1.13. The number of hydrogen-bond acceptors (Lipinski definition) is 9. The molecule has 4 aliphatic heterocycles. The molecule has 4 aromatic rings. The quantitative estimate of drug-likeness (QED) is 0.162. The molecule has 1 amide bonds. The second-order valence-electron chi connectivity index (χ2n) is 18.9. The number of rotatable bonds is 8. The Morgan fingerprint density at radius 3 is 2.41 bits per heavy atom. The average molecular weight is 803 g/mol. The van der Waals surface area contributed by atoms with Gasteiger partial charge >= 0.3 is 12.1 Å². The second-order valence-corrected chi connectivity index (χ2v) is 24.1. The van der Waals surface area contributed by atoms with Gasteiger partial charge in [-0.25, -0.2) is 9.18 Å². The van der Waals surface area contributed by atoms with E-state index in [9.17, 15) is 4.79 Å². The zero-order chi connectivity index (χ0) is 39.8. The molecule has 13 heteroatoms. The normalized spacial score (nSPS) is 24.4. The summed E-state index contributed by atoms with van der Waals surface area (Å²) >= 11 is 6.71. The topological polar surface area (TPSA) is 93.2 Å². The first-order chi connectivity index (χ1) is 26.4. The monoisotopic (exact) mass is 802 g/mol. The number of fused-ring (bicyclic) bond motifs is 5. The molecule has 0 radical (unpaired) electrons. The van der Waals surface area contributed by atoms with Gasteiger partial charge in [0.25, 0.3) is 0 Å². The highest BCUT2D eigenvalue weighted by molar-refractivity contribution is 6.74. The molecule has 4 saturated heterocycles. The number of aromatic nitrogens is 3. The molecule has 0 aliphatic carbocycles. The van der Waals surface area contributed by atoms with E-state index in [1.54, 1.807) is 6.20 Å². The molecule has 2 bridgehead atoms. The van der Waals surface area contributed by atoms with Gasteiger partial charge in [-0.15, -0.1) is 0 Å². The van der Waals surface area contributed by atoms with E-state index in [1.807, 2.05) is 62.1 Å². The van der Waals surface area contributed by atoms with Crippen LogP contribution in [0.2, 0.25) is 23.2 Å². The predicted octanol–water partition coefficient (Wildman–Crippen LogP) is 9.62. The largest absolute Gasteiger partial charge is 0.461 e. The van der Waals surface area contributed by atoms with E-state index in [4.69, 9.17) is 40.5 Å². The smallest absolute Gasteiger partial charge is 0.410 e. The Morgan fingerprint density at radius 2 is 1.71 bits per heavy atom. The van der Waals surface area contributed by atoms with Gasteiger partial charge in [0.05, 0.1) is 23.0 Å². The molecule has 0 spiro atoms. The lowest BCUT2D eigenvalue weighted by molar-refractivity contribution is 0.0122. The number of anilines is 1. The Kier molecular flexibility index (Phi) is 10.1. The minimum absolute atomic E-state index is 0.0669. The van der Waals surface area contributed by atoms with Gasteiger partial charge in [-0.05, 0) is 95.4 Å². The van der Waals surface area contributed by atoms with Crippen molar-refractivity contribution in [3.8, 4) is 17.3 Å². The van der Waals surface area contributed by atoms with E-state index in [0.29, 0.717) is 47.5 Å². The molecular formula is C43H56ClFN6O4Si. The molecule has 56 heavy (non-hydrogen) atoms. The number of hydrogen-bond donors (Lipinski definition) is 0. The summed E-state index contributed by atoms with van der Waals surface area (Å²) in [6, 6.07) is 11.7. The Morgan fingerprint density at radius 1 is 1.00 bits per heavy atom. The molecule has 4 aliphatic rings. The standard InChI is InChI=1S/C43H56ClFN6O4Si/c1-41(2,3)55-40(52)51-28-16-17-29(51)24-49(23-28)38-32-22-46-36(31-14-9-12-27-13-10-15-33(44)34(27)31)35(45)37(32)47-39(48-38)53-26-43-19-11-21-50(43)30(18-20-43)25-54-56(7,8)42(4,5)6/h9-10,12-15,22,28-30H,11,16-21,23-26H2,1-8H3. The van der Waals surface area contributed by atoms with Crippen LogP contribution in [-0.4, -0.2) is 101 Å². The van der Waals surface area contributed by atoms with Crippen LogP contribution < -0.4 is 9.64 Å². The van der Waals surface area contributed by atoms with Crippen LogP contribution in [0.15, 0.2) is 42.6 Å². The first-order valence-electron chi connectivity index (χ1n) is 20.3. The molecule has 0 saturated carbocycles. The van der Waals surface area contributed by atoms with E-state index in [2.05, 4.69) is 43.7 Å². The molecule has 6 heterocycles. The number of carbonyl (C=O) groups excluding carboxylic acids is 1. The third-order valence-corrected chi connectivity index (χ3v) is 17.9. The maximum atomic E-state index is 17.1. The molecule has 0 N–H and O–H groups in total. The second kappa shape index (κ2) is 14.4. The summed E-state index contributed by atoms with van der Waals surface area (Å²) < 4.78 is 36.3. The van der Waals surface area contributed by atoms with Crippen molar-refractivity contribution in [1.82, 2.24) is 24.8 Å². The summed E-state index contributed by atoms with van der Waals surface area (Å²) in [5.41, 5.74) is 0.163. The predicted molar refractivity (Wildman–Crippen MR) is 223 cm³/mol. The van der Waals surface area contributed by atoms with Crippen molar-refractivity contribution >= 4 is 53.5 Å². The van der Waals surface area contributed by atoms with Crippen molar-refractivity contribution in [2.45, 2.75) is 127 Å². The first-order valence-corrected chi connectivity index (χ1v) is 23.6. The average Bonchev–Trinajstić information content (AvgIpc) is 3.78. The highest BCUT2D eigenvalue weighted by Gasteiger charge is 2.51. The van der Waals surface area contributed by atoms with Gasteiger partial charge in [0, 0.05) is 47.9 Å². The highest BCUT2D eigenvalue weighted by Crippen LogP contribution is 2.45. The van der Waals surface area contributed by atoms with Crippen molar-refractivity contribution in [2.24, 2.45) is 0 Å². The lowest BCUT2D eigenvalue weighted by Gasteiger charge is -2.42. The van der Waals surface area contributed by atoms with E-state index in [-0.39, 0.29) is 46.0 Å². The van der Waals surface area contributed by atoms with Crippen LogP contribution in [0.5, 0.6) is 6.01 Å². The summed E-state index contributed by atoms with van der Waals surface area (Å²) in [7, 11) is -1.90. The number of amides is 1. The van der Waals surface area contributed by atoms with E-state index in [0.717, 1.165) is 62.4 Å². The van der Waals surface area contributed by atoms with Gasteiger partial charge in [-0.3, -0.25) is 14.8 Å². The van der Waals surface area contributed by atoms with Crippen LogP contribution in [0.1, 0.15) is 80.1 Å². The Bertz CT molecular complexity index is 2140. The summed E-state index contributed by atoms with van der Waals surface area (Å²) in [5, 5.41) is 2.80. The van der Waals surface area contributed by atoms with E-state index < -0.39 is 19.7 Å². The van der Waals surface area contributed by atoms with Gasteiger partial charge in [0.2, 0.25) is 0 Å². The SMILES string of the molecule is CC(C)(C)OC(=O)N1C2CCC1CN(c1nc(OCC34CCCN3C(CO[Si](C)(C)C(C)(C)C)CC4)nc3c(F)c(-c4cccc5cccc(Cl)c45)ncc13)C2. The molecule has 300 valence electrons. The van der Waals surface area contributed by atoms with Crippen LogP contribution in [0.3, 0.4) is 0 Å². The molecule has 2 aromatic heterocycles. The number of ether oxygens (including phenoxy) is 2. The number of carbonyl (C=O) groups is 1. The van der Waals surface area contributed by atoms with Gasteiger partial charge < -0.3 is 18.8 Å². The zero-order valence-electron chi connectivity index (χ0n) is 34.1. The van der Waals surface area contributed by atoms with Crippen molar-refractivity contribution in [1.29, 1.82) is 0 Å². The summed E-state index contributed by atoms with van der Waals surface area (Å²) in [6.45, 7) is 20.3. The van der Waals surface area contributed by atoms with E-state index >= 15 is 4.39 Å². The molecule has 4 atom stereocenters. The fourth-order valence-corrected chi connectivity index (χ4v) is 10.5. The number of benzene rings is 2. The number of pyridine rings is 1. The van der Waals surface area contributed by atoms with Crippen LogP contribution in [0, 0.1) is 5.82 Å². The number of halogens is 2. The number of piperazine rings is 1. The number of nitrogens with zero attached hydrogens (tertiary/aromatic N) is 6. The molecule has 4 unspecified atom stereocenters. The van der Waals surface area contributed by atoms with Crippen LogP contribution in [-0.2, 0) is 9.16 Å². The minimum atomic E-state index is -1.90. The van der Waals surface area contributed by atoms with Crippen LogP contribution in [0.25, 0.3) is 32.9 Å². The Hall–Kier alpha value is -3.58. The van der Waals surface area contributed by atoms with Crippen molar-refractivity contribution < 1.29 is 23.1 Å². The molecule has 8 rings (SSSR count). The Labute approximate surface area is 336 Å². The zero-order valence-corrected chi connectivity index (χ0v) is 35.9. The fraction of sp³-hybridized carbons (Fsp3) is 0.581. The first kappa shape index (κ1) is 39.3. The van der Waals surface area contributed by atoms with Gasteiger partial charge in [0.15, 0.2) is 14.1 Å². The van der Waals surface area contributed by atoms with Crippen LogP contribution in [0.4, 0.5) is 15.0 Å². The lowest BCUT2D eigenvalue weighted by Crippen LogP contribution is -2.57. The minimum Gasteiger partial charge on any atom is -0.461 e. The molecule has 10 nitrogen and oxygen atoms in total. The summed E-state index contributed by atoms with van der Waals surface area (Å²) in [4.78, 5) is 34.5. The third-order valence-electron chi connectivity index (χ3n) is 13.1. The highest BCUT2D eigenvalue weighted by atomic mass is 35.5. The molecule has 4 fully saturated rings.